The lowest BCUT2D eigenvalue weighted by Gasteiger charge is -2.17. The van der Waals surface area contributed by atoms with Crippen LogP contribution in [0.25, 0.3) is 0 Å². The molecular weight excluding hydrogens is 289 g/mol. The predicted molar refractivity (Wildman–Crippen MR) is 84.4 cm³/mol. The molecule has 0 saturated heterocycles. The minimum atomic E-state index is -0.416. The van der Waals surface area contributed by atoms with E-state index in [2.05, 4.69) is 24.4 Å². The molecule has 0 heterocycles. The van der Waals surface area contributed by atoms with Gasteiger partial charge in [0.2, 0.25) is 0 Å². The molecule has 0 bridgehead atoms. The Labute approximate surface area is 129 Å². The van der Waals surface area contributed by atoms with Crippen molar-refractivity contribution in [2.75, 3.05) is 7.05 Å². The summed E-state index contributed by atoms with van der Waals surface area (Å²) < 4.78 is 19.1. The lowest BCUT2D eigenvalue weighted by Crippen LogP contribution is -2.14. The SMILES string of the molecule is CNC(C)c1ccc(C)cc1OCc1ccc(F)c(Cl)c1. The van der Waals surface area contributed by atoms with Gasteiger partial charge in [-0.3, -0.25) is 0 Å². The molecule has 2 nitrogen and oxygen atoms in total. The number of benzene rings is 2. The number of halogens is 2. The zero-order valence-corrected chi connectivity index (χ0v) is 13.2. The topological polar surface area (TPSA) is 21.3 Å². The fourth-order valence-electron chi connectivity index (χ4n) is 2.07. The van der Waals surface area contributed by atoms with E-state index >= 15 is 0 Å². The first-order valence-electron chi connectivity index (χ1n) is 6.86. The average molecular weight is 308 g/mol. The number of aryl methyl sites for hydroxylation is 1. The molecule has 2 rings (SSSR count). The van der Waals surface area contributed by atoms with Crippen molar-refractivity contribution in [2.24, 2.45) is 0 Å². The largest absolute Gasteiger partial charge is 0.489 e. The second kappa shape index (κ2) is 6.92. The Bertz CT molecular complexity index is 630. The lowest BCUT2D eigenvalue weighted by atomic mass is 10.1. The molecule has 0 radical (unpaired) electrons. The van der Waals surface area contributed by atoms with E-state index in [1.807, 2.05) is 20.0 Å². The van der Waals surface area contributed by atoms with E-state index in [4.69, 9.17) is 16.3 Å². The van der Waals surface area contributed by atoms with E-state index in [-0.39, 0.29) is 11.1 Å². The third-order valence-corrected chi connectivity index (χ3v) is 3.74. The molecule has 0 fully saturated rings. The van der Waals surface area contributed by atoms with Gasteiger partial charge in [-0.25, -0.2) is 4.39 Å². The van der Waals surface area contributed by atoms with E-state index in [1.165, 1.54) is 6.07 Å². The highest BCUT2D eigenvalue weighted by molar-refractivity contribution is 6.30. The fraction of sp³-hybridized carbons (Fsp3) is 0.294. The first-order valence-corrected chi connectivity index (χ1v) is 7.23. The zero-order chi connectivity index (χ0) is 15.4. The molecule has 0 spiro atoms. The summed E-state index contributed by atoms with van der Waals surface area (Å²) in [6.07, 6.45) is 0. The van der Waals surface area contributed by atoms with Gasteiger partial charge in [-0.2, -0.15) is 0 Å². The van der Waals surface area contributed by atoms with Gasteiger partial charge < -0.3 is 10.1 Å². The van der Waals surface area contributed by atoms with Crippen LogP contribution < -0.4 is 10.1 Å². The fourth-order valence-corrected chi connectivity index (χ4v) is 2.27. The van der Waals surface area contributed by atoms with E-state index in [0.717, 1.165) is 22.4 Å². The Morgan fingerprint density at radius 1 is 1.24 bits per heavy atom. The van der Waals surface area contributed by atoms with Crippen molar-refractivity contribution in [2.45, 2.75) is 26.5 Å². The first kappa shape index (κ1) is 15.8. The normalized spacial score (nSPS) is 12.2. The smallest absolute Gasteiger partial charge is 0.141 e. The van der Waals surface area contributed by atoms with Crippen molar-refractivity contribution < 1.29 is 9.13 Å². The van der Waals surface area contributed by atoms with Crippen LogP contribution in [-0.2, 0) is 6.61 Å². The third kappa shape index (κ3) is 3.96. The summed E-state index contributed by atoms with van der Waals surface area (Å²) in [5, 5.41) is 3.32. The lowest BCUT2D eigenvalue weighted by molar-refractivity contribution is 0.300. The van der Waals surface area contributed by atoms with Crippen LogP contribution >= 0.6 is 11.6 Å². The van der Waals surface area contributed by atoms with Gasteiger partial charge in [0.05, 0.1) is 5.02 Å². The van der Waals surface area contributed by atoms with Gasteiger partial charge in [0, 0.05) is 11.6 Å². The maximum absolute atomic E-state index is 13.1. The Morgan fingerprint density at radius 3 is 2.67 bits per heavy atom. The quantitative estimate of drug-likeness (QED) is 0.868. The Hall–Kier alpha value is -1.58. The highest BCUT2D eigenvalue weighted by atomic mass is 35.5. The molecule has 1 atom stereocenters. The van der Waals surface area contributed by atoms with Crippen LogP contribution in [0.4, 0.5) is 4.39 Å². The summed E-state index contributed by atoms with van der Waals surface area (Å²) in [5.41, 5.74) is 3.07. The molecule has 0 saturated carbocycles. The molecule has 0 aliphatic carbocycles. The summed E-state index contributed by atoms with van der Waals surface area (Å²) in [6, 6.07) is 10.9. The Kier molecular flexibility index (Phi) is 5.21. The van der Waals surface area contributed by atoms with Gasteiger partial charge >= 0.3 is 0 Å². The molecule has 4 heteroatoms. The van der Waals surface area contributed by atoms with Crippen molar-refractivity contribution in [1.82, 2.24) is 5.32 Å². The predicted octanol–water partition coefficient (Wildman–Crippen LogP) is 4.65. The zero-order valence-electron chi connectivity index (χ0n) is 12.4. The maximum Gasteiger partial charge on any atom is 0.141 e. The second-order valence-corrected chi connectivity index (χ2v) is 5.50. The monoisotopic (exact) mass is 307 g/mol. The highest BCUT2D eigenvalue weighted by Crippen LogP contribution is 2.27. The van der Waals surface area contributed by atoms with Crippen LogP contribution in [0.3, 0.4) is 0 Å². The summed E-state index contributed by atoms with van der Waals surface area (Å²) in [5.74, 6) is 0.415. The molecule has 0 amide bonds. The van der Waals surface area contributed by atoms with Gasteiger partial charge in [0.1, 0.15) is 18.2 Å². The average Bonchev–Trinajstić information content (AvgIpc) is 2.48. The minimum absolute atomic E-state index is 0.115. The van der Waals surface area contributed by atoms with Crippen molar-refractivity contribution in [3.8, 4) is 5.75 Å². The van der Waals surface area contributed by atoms with E-state index in [0.29, 0.717) is 6.61 Å². The second-order valence-electron chi connectivity index (χ2n) is 5.09. The molecule has 0 aliphatic rings. The van der Waals surface area contributed by atoms with Crippen LogP contribution in [-0.4, -0.2) is 7.05 Å². The first-order chi connectivity index (χ1) is 10.0. The molecule has 1 N–H and O–H groups in total. The number of hydrogen-bond donors (Lipinski definition) is 1. The number of rotatable bonds is 5. The van der Waals surface area contributed by atoms with Gasteiger partial charge in [-0.1, -0.05) is 29.8 Å². The van der Waals surface area contributed by atoms with E-state index < -0.39 is 5.82 Å². The van der Waals surface area contributed by atoms with Gasteiger partial charge in [0.25, 0.3) is 0 Å². The van der Waals surface area contributed by atoms with Crippen LogP contribution in [0.5, 0.6) is 5.75 Å². The highest BCUT2D eigenvalue weighted by Gasteiger charge is 2.11. The number of hydrogen-bond acceptors (Lipinski definition) is 2. The van der Waals surface area contributed by atoms with Gasteiger partial charge in [0.15, 0.2) is 0 Å². The molecule has 0 aliphatic heterocycles. The summed E-state index contributed by atoms with van der Waals surface area (Å²) in [4.78, 5) is 0. The van der Waals surface area contributed by atoms with Gasteiger partial charge in [-0.05, 0) is 50.2 Å². The Balaban J connectivity index is 2.18. The molecule has 112 valence electrons. The minimum Gasteiger partial charge on any atom is -0.489 e. The van der Waals surface area contributed by atoms with Crippen LogP contribution in [0, 0.1) is 12.7 Å². The van der Waals surface area contributed by atoms with E-state index in [9.17, 15) is 4.39 Å². The van der Waals surface area contributed by atoms with Crippen LogP contribution in [0.2, 0.25) is 5.02 Å². The maximum atomic E-state index is 13.1. The third-order valence-electron chi connectivity index (χ3n) is 3.45. The number of ether oxygens (including phenoxy) is 1. The molecular formula is C17H19ClFNO. The van der Waals surface area contributed by atoms with Gasteiger partial charge in [-0.15, -0.1) is 0 Å². The Morgan fingerprint density at radius 2 is 2.00 bits per heavy atom. The van der Waals surface area contributed by atoms with E-state index in [1.54, 1.807) is 12.1 Å². The standard InChI is InChI=1S/C17H19ClFNO/c1-11-4-6-14(12(2)20-3)17(8-11)21-10-13-5-7-16(19)15(18)9-13/h4-9,12,20H,10H2,1-3H3. The van der Waals surface area contributed by atoms with Crippen LogP contribution in [0.15, 0.2) is 36.4 Å². The summed E-state index contributed by atoms with van der Waals surface area (Å²) >= 11 is 5.78. The molecule has 21 heavy (non-hydrogen) atoms. The van der Waals surface area contributed by atoms with Crippen molar-refractivity contribution in [1.29, 1.82) is 0 Å². The van der Waals surface area contributed by atoms with Crippen LogP contribution in [0.1, 0.15) is 29.7 Å². The van der Waals surface area contributed by atoms with Crippen molar-refractivity contribution in [3.63, 3.8) is 0 Å². The van der Waals surface area contributed by atoms with Crippen molar-refractivity contribution >= 4 is 11.6 Å². The van der Waals surface area contributed by atoms with Crippen molar-refractivity contribution in [3.05, 3.63) is 63.9 Å². The molecule has 2 aromatic carbocycles. The number of nitrogens with one attached hydrogen (secondary N) is 1. The summed E-state index contributed by atoms with van der Waals surface area (Å²) in [7, 11) is 1.91. The summed E-state index contributed by atoms with van der Waals surface area (Å²) in [6.45, 7) is 4.45. The molecule has 1 unspecified atom stereocenters. The molecule has 2 aromatic rings. The molecule has 0 aromatic heterocycles.